The predicted octanol–water partition coefficient (Wildman–Crippen LogP) is 3.85. The number of oxazole rings is 1. The highest BCUT2D eigenvalue weighted by atomic mass is 127. The number of methoxy groups -OCH3 is 3. The van der Waals surface area contributed by atoms with Crippen LogP contribution in [-0.4, -0.2) is 39.3 Å². The fraction of sp³-hybridized carbons (Fsp3) is 0.273. The molecule has 31 heavy (non-hydrogen) atoms. The van der Waals surface area contributed by atoms with Crippen LogP contribution in [0.4, 0.5) is 0 Å². The summed E-state index contributed by atoms with van der Waals surface area (Å²) in [6, 6.07) is 13.4. The van der Waals surface area contributed by atoms with Gasteiger partial charge < -0.3 is 29.3 Å². The van der Waals surface area contributed by atoms with E-state index in [1.54, 1.807) is 40.7 Å². The van der Waals surface area contributed by atoms with E-state index in [1.807, 2.05) is 36.4 Å². The van der Waals surface area contributed by atoms with Crippen molar-refractivity contribution in [2.45, 2.75) is 13.1 Å². The van der Waals surface area contributed by atoms with Crippen molar-refractivity contribution in [2.75, 3.05) is 28.4 Å². The summed E-state index contributed by atoms with van der Waals surface area (Å²) in [5.41, 5.74) is 2.62. The number of halogens is 1. The average molecular weight is 538 g/mol. The quantitative estimate of drug-likeness (QED) is 0.256. The van der Waals surface area contributed by atoms with E-state index < -0.39 is 0 Å². The van der Waals surface area contributed by atoms with E-state index in [-0.39, 0.29) is 24.0 Å². The van der Waals surface area contributed by atoms with Gasteiger partial charge in [0.05, 0.1) is 33.6 Å². The summed E-state index contributed by atoms with van der Waals surface area (Å²) in [6.45, 7) is 0.955. The lowest BCUT2D eigenvalue weighted by molar-refractivity contribution is 0.347. The first-order valence-corrected chi connectivity index (χ1v) is 9.41. The molecule has 0 bridgehead atoms. The van der Waals surface area contributed by atoms with Crippen molar-refractivity contribution in [1.82, 2.24) is 15.6 Å². The number of nitrogens with one attached hydrogen (secondary N) is 2. The van der Waals surface area contributed by atoms with Crippen LogP contribution in [0.1, 0.15) is 11.3 Å². The zero-order valence-corrected chi connectivity index (χ0v) is 20.3. The Kier molecular flexibility index (Phi) is 9.44. The molecule has 0 aliphatic heterocycles. The molecule has 0 radical (unpaired) electrons. The van der Waals surface area contributed by atoms with E-state index in [0.717, 1.165) is 16.8 Å². The van der Waals surface area contributed by atoms with Gasteiger partial charge in [-0.2, -0.15) is 0 Å². The van der Waals surface area contributed by atoms with Gasteiger partial charge in [-0.25, -0.2) is 4.98 Å². The number of aromatic nitrogens is 1. The van der Waals surface area contributed by atoms with Gasteiger partial charge >= 0.3 is 0 Å². The number of hydrogen-bond donors (Lipinski definition) is 2. The molecule has 2 N–H and O–H groups in total. The zero-order valence-electron chi connectivity index (χ0n) is 18.0. The Hall–Kier alpha value is -2.95. The third-order valence-electron chi connectivity index (χ3n) is 4.47. The minimum Gasteiger partial charge on any atom is -0.496 e. The van der Waals surface area contributed by atoms with Gasteiger partial charge in [-0.05, 0) is 18.2 Å². The summed E-state index contributed by atoms with van der Waals surface area (Å²) in [5, 5.41) is 6.49. The molecular weight excluding hydrogens is 511 g/mol. The third-order valence-corrected chi connectivity index (χ3v) is 4.47. The van der Waals surface area contributed by atoms with Crippen molar-refractivity contribution in [3.05, 3.63) is 60.0 Å². The van der Waals surface area contributed by atoms with Gasteiger partial charge in [-0.3, -0.25) is 4.99 Å². The van der Waals surface area contributed by atoms with Gasteiger partial charge in [0.25, 0.3) is 0 Å². The van der Waals surface area contributed by atoms with Crippen molar-refractivity contribution in [3.63, 3.8) is 0 Å². The van der Waals surface area contributed by atoms with Gasteiger partial charge in [0.15, 0.2) is 17.5 Å². The molecule has 9 heteroatoms. The number of rotatable bonds is 8. The van der Waals surface area contributed by atoms with Crippen LogP contribution in [-0.2, 0) is 13.1 Å². The summed E-state index contributed by atoms with van der Waals surface area (Å²) < 4.78 is 21.7. The first-order valence-electron chi connectivity index (χ1n) is 9.41. The molecule has 0 aliphatic carbocycles. The lowest BCUT2D eigenvalue weighted by Crippen LogP contribution is -2.36. The van der Waals surface area contributed by atoms with Crippen molar-refractivity contribution in [3.8, 4) is 28.7 Å². The van der Waals surface area contributed by atoms with Gasteiger partial charge in [0.1, 0.15) is 12.0 Å². The SMILES string of the molecule is CN=C(NCc1coc(-c2ccccc2)n1)NCc1cc(OC)c(OC)cc1OC.I. The van der Waals surface area contributed by atoms with E-state index in [4.69, 9.17) is 18.6 Å². The summed E-state index contributed by atoms with van der Waals surface area (Å²) >= 11 is 0. The lowest BCUT2D eigenvalue weighted by Gasteiger charge is -2.16. The fourth-order valence-electron chi connectivity index (χ4n) is 2.91. The van der Waals surface area contributed by atoms with Crippen molar-refractivity contribution in [2.24, 2.45) is 4.99 Å². The third kappa shape index (κ3) is 6.27. The molecule has 166 valence electrons. The molecule has 0 aliphatic rings. The highest BCUT2D eigenvalue weighted by molar-refractivity contribution is 14.0. The molecular formula is C22H27IN4O4. The summed E-state index contributed by atoms with van der Waals surface area (Å²) in [5.74, 6) is 3.15. The molecule has 0 saturated carbocycles. The number of ether oxygens (including phenoxy) is 3. The standard InChI is InChI=1S/C22H26N4O4.HI/c1-23-22(24-12-16-10-19(28-3)20(29-4)11-18(16)27-2)25-13-17-14-30-21(26-17)15-8-6-5-7-9-15;/h5-11,14H,12-13H2,1-4H3,(H2,23,24,25);1H. The first kappa shape index (κ1) is 24.3. The number of hydrogen-bond acceptors (Lipinski definition) is 6. The highest BCUT2D eigenvalue weighted by Crippen LogP contribution is 2.34. The molecule has 1 heterocycles. The maximum Gasteiger partial charge on any atom is 0.226 e. The molecule has 0 atom stereocenters. The molecule has 8 nitrogen and oxygen atoms in total. The number of aliphatic imine (C=N–C) groups is 1. The number of nitrogens with zero attached hydrogens (tertiary/aromatic N) is 2. The predicted molar refractivity (Wildman–Crippen MR) is 130 cm³/mol. The molecule has 2 aromatic carbocycles. The number of benzene rings is 2. The highest BCUT2D eigenvalue weighted by Gasteiger charge is 2.13. The van der Waals surface area contributed by atoms with Gasteiger partial charge in [0.2, 0.25) is 5.89 Å². The van der Waals surface area contributed by atoms with Gasteiger partial charge in [-0.15, -0.1) is 24.0 Å². The molecule has 3 aromatic rings. The second kappa shape index (κ2) is 12.0. The molecule has 3 rings (SSSR count). The van der Waals surface area contributed by atoms with Crippen LogP contribution in [0, 0.1) is 0 Å². The van der Waals surface area contributed by atoms with Crippen LogP contribution in [0.3, 0.4) is 0 Å². The molecule has 0 unspecified atom stereocenters. The van der Waals surface area contributed by atoms with Gasteiger partial charge in [0, 0.05) is 30.8 Å². The molecule has 0 spiro atoms. The second-order valence-electron chi connectivity index (χ2n) is 6.31. The molecule has 1 aromatic heterocycles. The summed E-state index contributed by atoms with van der Waals surface area (Å²) in [4.78, 5) is 8.77. The van der Waals surface area contributed by atoms with E-state index >= 15 is 0 Å². The number of guanidine groups is 1. The monoisotopic (exact) mass is 538 g/mol. The van der Waals surface area contributed by atoms with Crippen LogP contribution >= 0.6 is 24.0 Å². The smallest absolute Gasteiger partial charge is 0.226 e. The first-order chi connectivity index (χ1) is 14.7. The minimum absolute atomic E-state index is 0. The van der Waals surface area contributed by atoms with Crippen LogP contribution in [0.5, 0.6) is 17.2 Å². The van der Waals surface area contributed by atoms with Crippen molar-refractivity contribution >= 4 is 29.9 Å². The second-order valence-corrected chi connectivity index (χ2v) is 6.31. The molecule has 0 fully saturated rings. The Morgan fingerprint density at radius 1 is 0.935 bits per heavy atom. The molecule has 0 amide bonds. The largest absolute Gasteiger partial charge is 0.496 e. The Morgan fingerprint density at radius 2 is 1.58 bits per heavy atom. The Balaban J connectivity index is 0.00000341. The summed E-state index contributed by atoms with van der Waals surface area (Å²) in [6.07, 6.45) is 1.64. The van der Waals surface area contributed by atoms with E-state index in [9.17, 15) is 0 Å². The van der Waals surface area contributed by atoms with E-state index in [0.29, 0.717) is 42.2 Å². The normalized spacial score (nSPS) is 10.8. The lowest BCUT2D eigenvalue weighted by atomic mass is 10.1. The summed E-state index contributed by atoms with van der Waals surface area (Å²) in [7, 11) is 6.52. The van der Waals surface area contributed by atoms with Crippen LogP contribution < -0.4 is 24.8 Å². The minimum atomic E-state index is 0. The topological polar surface area (TPSA) is 90.1 Å². The zero-order chi connectivity index (χ0) is 21.3. The van der Waals surface area contributed by atoms with E-state index in [1.165, 1.54) is 0 Å². The maximum absolute atomic E-state index is 5.57. The Bertz CT molecular complexity index is 992. The van der Waals surface area contributed by atoms with Gasteiger partial charge in [-0.1, -0.05) is 18.2 Å². The van der Waals surface area contributed by atoms with Crippen LogP contribution in [0.2, 0.25) is 0 Å². The van der Waals surface area contributed by atoms with Crippen molar-refractivity contribution < 1.29 is 18.6 Å². The Labute approximate surface area is 199 Å². The van der Waals surface area contributed by atoms with E-state index in [2.05, 4.69) is 20.6 Å². The average Bonchev–Trinajstić information content (AvgIpc) is 3.28. The Morgan fingerprint density at radius 3 is 2.23 bits per heavy atom. The van der Waals surface area contributed by atoms with Crippen LogP contribution in [0.15, 0.2) is 58.1 Å². The maximum atomic E-state index is 5.57. The van der Waals surface area contributed by atoms with Crippen LogP contribution in [0.25, 0.3) is 11.5 Å². The fourth-order valence-corrected chi connectivity index (χ4v) is 2.91. The van der Waals surface area contributed by atoms with Crippen molar-refractivity contribution in [1.29, 1.82) is 0 Å². The molecule has 0 saturated heterocycles.